The van der Waals surface area contributed by atoms with E-state index in [1.165, 1.54) is 23.6 Å². The smallest absolute Gasteiger partial charge is 0.327 e. The number of amides is 1. The van der Waals surface area contributed by atoms with Crippen LogP contribution in [0.4, 0.5) is 0 Å². The van der Waals surface area contributed by atoms with Gasteiger partial charge in [-0.2, -0.15) is 0 Å². The first kappa shape index (κ1) is 15.7. The van der Waals surface area contributed by atoms with E-state index in [4.69, 9.17) is 4.74 Å². The minimum absolute atomic E-state index is 0.0101. The number of thioether (sulfide) groups is 1. The number of ether oxygens (including phenoxy) is 2. The van der Waals surface area contributed by atoms with Gasteiger partial charge in [-0.15, -0.1) is 5.10 Å². The van der Waals surface area contributed by atoms with Gasteiger partial charge in [0.15, 0.2) is 0 Å². The molecule has 2 rings (SSSR count). The fraction of sp³-hybridized carbons (Fsp3) is 0.727. The Morgan fingerprint density at radius 3 is 2.81 bits per heavy atom. The lowest BCUT2D eigenvalue weighted by Crippen LogP contribution is -2.44. The standard InChI is InChI=1S/C11H17N5O4S/c1-8(10(18)15-3-5-20-6-4-15)21-11-12-13-14-16(11)7-9(17)19-2/h8H,3-7H2,1-2H3. The van der Waals surface area contributed by atoms with Crippen LogP contribution in [0.1, 0.15) is 6.92 Å². The van der Waals surface area contributed by atoms with Gasteiger partial charge in [-0.25, -0.2) is 4.68 Å². The first-order valence-corrected chi connectivity index (χ1v) is 7.36. The Morgan fingerprint density at radius 2 is 2.14 bits per heavy atom. The van der Waals surface area contributed by atoms with Crippen LogP contribution in [0.2, 0.25) is 0 Å². The normalized spacial score (nSPS) is 16.6. The average Bonchev–Trinajstić information content (AvgIpc) is 2.94. The average molecular weight is 315 g/mol. The van der Waals surface area contributed by atoms with E-state index in [1.54, 1.807) is 11.8 Å². The number of esters is 1. The SMILES string of the molecule is COC(=O)Cn1nnnc1SC(C)C(=O)N1CCOCC1. The van der Waals surface area contributed by atoms with Gasteiger partial charge in [0, 0.05) is 13.1 Å². The van der Waals surface area contributed by atoms with Crippen LogP contribution in [0.3, 0.4) is 0 Å². The summed E-state index contributed by atoms with van der Waals surface area (Å²) in [7, 11) is 1.30. The van der Waals surface area contributed by atoms with Crippen molar-refractivity contribution in [3.05, 3.63) is 0 Å². The van der Waals surface area contributed by atoms with E-state index >= 15 is 0 Å². The third-order valence-corrected chi connectivity index (χ3v) is 4.02. The van der Waals surface area contributed by atoms with Crippen LogP contribution in [-0.4, -0.2) is 75.6 Å². The second-order valence-electron chi connectivity index (χ2n) is 4.39. The maximum atomic E-state index is 12.3. The monoisotopic (exact) mass is 315 g/mol. The molecule has 1 saturated heterocycles. The lowest BCUT2D eigenvalue weighted by Gasteiger charge is -2.28. The minimum Gasteiger partial charge on any atom is -0.468 e. The van der Waals surface area contributed by atoms with Crippen LogP contribution in [0.25, 0.3) is 0 Å². The Bertz CT molecular complexity index is 503. The van der Waals surface area contributed by atoms with Crippen LogP contribution in [0, 0.1) is 0 Å². The van der Waals surface area contributed by atoms with Crippen molar-refractivity contribution in [2.45, 2.75) is 23.9 Å². The van der Waals surface area contributed by atoms with Crippen molar-refractivity contribution in [3.8, 4) is 0 Å². The number of nitrogens with zero attached hydrogens (tertiary/aromatic N) is 5. The predicted octanol–water partition coefficient (Wildman–Crippen LogP) is -0.814. The van der Waals surface area contributed by atoms with E-state index in [-0.39, 0.29) is 17.7 Å². The molecule has 0 aromatic carbocycles. The summed E-state index contributed by atoms with van der Waals surface area (Å²) in [5.41, 5.74) is 0. The van der Waals surface area contributed by atoms with Crippen molar-refractivity contribution in [2.24, 2.45) is 0 Å². The second-order valence-corrected chi connectivity index (χ2v) is 5.70. The van der Waals surface area contributed by atoms with Crippen LogP contribution in [0.5, 0.6) is 0 Å². The van der Waals surface area contributed by atoms with E-state index in [9.17, 15) is 9.59 Å². The lowest BCUT2D eigenvalue weighted by molar-refractivity contribution is -0.141. The Balaban J connectivity index is 1.95. The number of carbonyl (C=O) groups is 2. The third kappa shape index (κ3) is 4.14. The molecular weight excluding hydrogens is 298 g/mol. The fourth-order valence-corrected chi connectivity index (χ4v) is 2.69. The molecule has 21 heavy (non-hydrogen) atoms. The van der Waals surface area contributed by atoms with E-state index in [0.29, 0.717) is 31.5 Å². The number of rotatable bonds is 5. The molecule has 1 fully saturated rings. The lowest BCUT2D eigenvalue weighted by atomic mass is 10.3. The first-order valence-electron chi connectivity index (χ1n) is 6.48. The van der Waals surface area contributed by atoms with Crippen molar-refractivity contribution in [3.63, 3.8) is 0 Å². The molecule has 9 nitrogen and oxygen atoms in total. The number of morpholine rings is 1. The predicted molar refractivity (Wildman–Crippen MR) is 72.6 cm³/mol. The Hall–Kier alpha value is -1.68. The number of tetrazole rings is 1. The summed E-state index contributed by atoms with van der Waals surface area (Å²) < 4.78 is 11.1. The number of aromatic nitrogens is 4. The van der Waals surface area contributed by atoms with E-state index in [2.05, 4.69) is 20.3 Å². The summed E-state index contributed by atoms with van der Waals surface area (Å²) in [4.78, 5) is 25.3. The zero-order chi connectivity index (χ0) is 15.2. The number of hydrogen-bond donors (Lipinski definition) is 0. The molecule has 1 unspecified atom stereocenters. The molecule has 116 valence electrons. The van der Waals surface area contributed by atoms with Crippen LogP contribution in [-0.2, 0) is 25.6 Å². The van der Waals surface area contributed by atoms with Crippen LogP contribution in [0.15, 0.2) is 5.16 Å². The molecule has 10 heteroatoms. The first-order chi connectivity index (χ1) is 10.1. The molecule has 0 saturated carbocycles. The topological polar surface area (TPSA) is 99.4 Å². The van der Waals surface area contributed by atoms with Crippen molar-refractivity contribution in [1.82, 2.24) is 25.1 Å². The van der Waals surface area contributed by atoms with Crippen LogP contribution < -0.4 is 0 Å². The van der Waals surface area contributed by atoms with E-state index in [1.807, 2.05) is 0 Å². The van der Waals surface area contributed by atoms with Gasteiger partial charge in [-0.1, -0.05) is 11.8 Å². The molecule has 1 aromatic rings. The van der Waals surface area contributed by atoms with Gasteiger partial charge in [0.25, 0.3) is 0 Å². The summed E-state index contributed by atoms with van der Waals surface area (Å²) in [6.45, 7) is 4.02. The van der Waals surface area contributed by atoms with Gasteiger partial charge in [0.1, 0.15) is 6.54 Å². The zero-order valence-electron chi connectivity index (χ0n) is 11.9. The molecule has 0 radical (unpaired) electrons. The van der Waals surface area contributed by atoms with Gasteiger partial charge in [-0.05, 0) is 17.4 Å². The maximum absolute atomic E-state index is 12.3. The summed E-state index contributed by atoms with van der Waals surface area (Å²) in [6, 6.07) is 0. The molecule has 0 N–H and O–H groups in total. The molecule has 0 spiro atoms. The van der Waals surface area contributed by atoms with Gasteiger partial charge >= 0.3 is 5.97 Å². The van der Waals surface area contributed by atoms with E-state index in [0.717, 1.165) is 0 Å². The molecule has 1 aliphatic rings. The number of methoxy groups -OCH3 is 1. The van der Waals surface area contributed by atoms with Crippen molar-refractivity contribution >= 4 is 23.6 Å². The molecule has 1 aromatic heterocycles. The summed E-state index contributed by atoms with van der Waals surface area (Å²) in [5.74, 6) is -0.438. The Kier molecular flexibility index (Phi) is 5.51. The number of hydrogen-bond acceptors (Lipinski definition) is 8. The van der Waals surface area contributed by atoms with Crippen molar-refractivity contribution in [2.75, 3.05) is 33.4 Å². The number of carbonyl (C=O) groups excluding carboxylic acids is 2. The largest absolute Gasteiger partial charge is 0.468 e. The highest BCUT2D eigenvalue weighted by Gasteiger charge is 2.25. The molecule has 1 aliphatic heterocycles. The highest BCUT2D eigenvalue weighted by Crippen LogP contribution is 2.22. The quantitative estimate of drug-likeness (QED) is 0.513. The highest BCUT2D eigenvalue weighted by atomic mass is 32.2. The molecule has 1 atom stereocenters. The van der Waals surface area contributed by atoms with Crippen LogP contribution >= 0.6 is 11.8 Å². The Labute approximate surface area is 125 Å². The van der Waals surface area contributed by atoms with Gasteiger partial charge in [0.2, 0.25) is 11.1 Å². The van der Waals surface area contributed by atoms with Gasteiger partial charge in [0.05, 0.1) is 25.6 Å². The van der Waals surface area contributed by atoms with Gasteiger partial charge < -0.3 is 14.4 Å². The summed E-state index contributed by atoms with van der Waals surface area (Å²) in [6.07, 6.45) is 0. The Morgan fingerprint density at radius 1 is 1.43 bits per heavy atom. The van der Waals surface area contributed by atoms with Crippen molar-refractivity contribution < 1.29 is 19.1 Å². The van der Waals surface area contributed by atoms with Gasteiger partial charge in [-0.3, -0.25) is 9.59 Å². The maximum Gasteiger partial charge on any atom is 0.327 e. The third-order valence-electron chi connectivity index (χ3n) is 2.96. The summed E-state index contributed by atoms with van der Waals surface area (Å²) in [5, 5.41) is 11.1. The fourth-order valence-electron chi connectivity index (χ4n) is 1.82. The molecular formula is C11H17N5O4S. The van der Waals surface area contributed by atoms with Crippen molar-refractivity contribution in [1.29, 1.82) is 0 Å². The highest BCUT2D eigenvalue weighted by molar-refractivity contribution is 8.00. The molecule has 1 amide bonds. The summed E-state index contributed by atoms with van der Waals surface area (Å²) >= 11 is 1.22. The molecule has 0 aliphatic carbocycles. The second kappa shape index (κ2) is 7.36. The van der Waals surface area contributed by atoms with E-state index < -0.39 is 5.97 Å². The zero-order valence-corrected chi connectivity index (χ0v) is 12.7. The molecule has 0 bridgehead atoms. The molecule has 2 heterocycles. The minimum atomic E-state index is -0.448.